The molecule has 1 aromatic heterocycles. The predicted octanol–water partition coefficient (Wildman–Crippen LogP) is 1.28. The van der Waals surface area contributed by atoms with Crippen LogP contribution in [0.1, 0.15) is 156 Å². The number of benzene rings is 3. The number of hydrogen-bond donors (Lipinski definition) is 18. The lowest BCUT2D eigenvalue weighted by Gasteiger charge is -2.34. The van der Waals surface area contributed by atoms with Gasteiger partial charge in [0.05, 0.1) is 12.1 Å². The van der Waals surface area contributed by atoms with Crippen LogP contribution in [0.3, 0.4) is 0 Å². The van der Waals surface area contributed by atoms with Crippen LogP contribution in [-0.2, 0) is 76.8 Å². The fourth-order valence-corrected chi connectivity index (χ4v) is 12.0. The molecular formula is C75H111N17O14. The zero-order chi connectivity index (χ0) is 78.3. The van der Waals surface area contributed by atoms with Crippen LogP contribution in [0.5, 0.6) is 5.75 Å². The Bertz CT molecular complexity index is 3690. The van der Waals surface area contributed by atoms with Gasteiger partial charge in [0.2, 0.25) is 65.0 Å². The van der Waals surface area contributed by atoms with Crippen LogP contribution in [0.2, 0.25) is 0 Å². The third-order valence-corrected chi connectivity index (χ3v) is 18.1. The molecule has 0 spiro atoms. The summed E-state index contributed by atoms with van der Waals surface area (Å²) in [4.78, 5) is 176. The summed E-state index contributed by atoms with van der Waals surface area (Å²) in [5.41, 5.74) is 22.7. The summed E-state index contributed by atoms with van der Waals surface area (Å²) in [7, 11) is 0. The van der Waals surface area contributed by atoms with E-state index in [2.05, 4.69) is 68.5 Å². The monoisotopic (exact) mass is 1470 g/mol. The number of phenols is 1. The lowest BCUT2D eigenvalue weighted by Crippen LogP contribution is -2.64. The second-order valence-electron chi connectivity index (χ2n) is 28.5. The molecule has 11 atom stereocenters. The number of fused-ring (bicyclic) bond motifs is 1. The van der Waals surface area contributed by atoms with E-state index in [1.165, 1.54) is 32.9 Å². The number of allylic oxidation sites excluding steroid dienone is 2. The average molecular weight is 1470 g/mol. The van der Waals surface area contributed by atoms with Gasteiger partial charge in [-0.15, -0.1) is 0 Å². The molecule has 106 heavy (non-hydrogen) atoms. The molecule has 11 amide bonds. The molecule has 22 N–H and O–H groups in total. The quantitative estimate of drug-likeness (QED) is 0.0138. The summed E-state index contributed by atoms with van der Waals surface area (Å²) in [6.45, 7) is 12.7. The molecule has 31 nitrogen and oxygen atoms in total. The molecule has 0 saturated carbocycles. The first-order chi connectivity index (χ1) is 50.2. The molecule has 31 heteroatoms. The van der Waals surface area contributed by atoms with Gasteiger partial charge in [-0.3, -0.25) is 57.7 Å². The van der Waals surface area contributed by atoms with E-state index in [1.54, 1.807) is 75.5 Å². The van der Waals surface area contributed by atoms with Crippen molar-refractivity contribution in [2.75, 3.05) is 19.6 Å². The third kappa shape index (κ3) is 28.9. The first kappa shape index (κ1) is 86.2. The van der Waals surface area contributed by atoms with Crippen molar-refractivity contribution in [2.24, 2.45) is 39.8 Å². The van der Waals surface area contributed by atoms with Gasteiger partial charge in [0.25, 0.3) is 0 Å². The number of guanidine groups is 1. The number of nitrogens with two attached hydrogens (primary N) is 4. The maximum absolute atomic E-state index is 15.2. The maximum Gasteiger partial charge on any atom is 0.326 e. The molecular weight excluding hydrogens is 1360 g/mol. The van der Waals surface area contributed by atoms with Crippen molar-refractivity contribution in [3.8, 4) is 5.75 Å². The topological polar surface area (TPSA) is 510 Å². The van der Waals surface area contributed by atoms with Crippen LogP contribution >= 0.6 is 0 Å². The summed E-state index contributed by atoms with van der Waals surface area (Å²) in [6, 6.07) is 10.1. The van der Waals surface area contributed by atoms with Crippen LogP contribution in [0, 0.1) is 11.8 Å². The van der Waals surface area contributed by atoms with E-state index in [1.807, 2.05) is 44.2 Å². The minimum atomic E-state index is -1.79. The summed E-state index contributed by atoms with van der Waals surface area (Å²) in [6.07, 6.45) is 8.24. The number of aromatic amines is 1. The van der Waals surface area contributed by atoms with E-state index < -0.39 is 143 Å². The van der Waals surface area contributed by atoms with E-state index in [-0.39, 0.29) is 101 Å². The fourth-order valence-electron chi connectivity index (χ4n) is 12.0. The van der Waals surface area contributed by atoms with Crippen molar-refractivity contribution >= 4 is 87.8 Å². The highest BCUT2D eigenvalue weighted by molar-refractivity contribution is 6.00. The Morgan fingerprint density at radius 1 is 0.613 bits per heavy atom. The number of nitrogens with one attached hydrogen (secondary N) is 12. The van der Waals surface area contributed by atoms with Crippen molar-refractivity contribution in [1.29, 1.82) is 0 Å². The molecule has 2 heterocycles. The lowest BCUT2D eigenvalue weighted by molar-refractivity contribution is -0.142. The number of aromatic hydroxyl groups is 1. The number of para-hydroxylation sites is 1. The first-order valence-electron chi connectivity index (χ1n) is 36.3. The number of carboxylic acid groups (broad SMARTS) is 1. The summed E-state index contributed by atoms with van der Waals surface area (Å²) >= 11 is 0. The molecule has 1 aliphatic rings. The number of nitrogens with zero attached hydrogens (tertiary/aromatic N) is 1. The number of aliphatic carboxylic acids is 1. The van der Waals surface area contributed by atoms with Crippen molar-refractivity contribution < 1.29 is 67.7 Å². The van der Waals surface area contributed by atoms with Crippen LogP contribution in [0.25, 0.3) is 10.9 Å². The van der Waals surface area contributed by atoms with E-state index in [9.17, 15) is 58.2 Å². The number of carboxylic acids is 1. The molecule has 0 bridgehead atoms. The van der Waals surface area contributed by atoms with Gasteiger partial charge in [-0.05, 0) is 164 Å². The van der Waals surface area contributed by atoms with Gasteiger partial charge in [0.1, 0.15) is 65.7 Å². The highest BCUT2D eigenvalue weighted by Crippen LogP contribution is 2.23. The Labute approximate surface area is 619 Å². The first-order valence-corrected chi connectivity index (χ1v) is 36.3. The molecule has 0 aliphatic carbocycles. The highest BCUT2D eigenvalue weighted by atomic mass is 16.4. The Hall–Kier alpha value is -10.4. The number of amides is 11. The maximum atomic E-state index is 15.2. The Morgan fingerprint density at radius 3 is 1.77 bits per heavy atom. The predicted molar refractivity (Wildman–Crippen MR) is 401 cm³/mol. The molecule has 0 fully saturated rings. The molecule has 0 saturated heterocycles. The van der Waals surface area contributed by atoms with Crippen molar-refractivity contribution in [3.05, 3.63) is 114 Å². The Morgan fingerprint density at radius 2 is 1.15 bits per heavy atom. The molecule has 4 aromatic rings. The van der Waals surface area contributed by atoms with Gasteiger partial charge >= 0.3 is 5.97 Å². The number of carbonyl (C=O) groups is 12. The van der Waals surface area contributed by atoms with Crippen LogP contribution in [0.15, 0.2) is 102 Å². The number of rotatable bonds is 33. The zero-order valence-electron chi connectivity index (χ0n) is 62.1. The van der Waals surface area contributed by atoms with Crippen molar-refractivity contribution in [3.63, 3.8) is 0 Å². The summed E-state index contributed by atoms with van der Waals surface area (Å²) in [5, 5.41) is 50.7. The van der Waals surface area contributed by atoms with E-state index in [0.717, 1.165) is 10.9 Å². The van der Waals surface area contributed by atoms with Crippen LogP contribution < -0.4 is 81.4 Å². The minimum absolute atomic E-state index is 0.00499. The highest BCUT2D eigenvalue weighted by Gasteiger charge is 2.41. The van der Waals surface area contributed by atoms with Crippen molar-refractivity contribution in [2.45, 2.75) is 224 Å². The summed E-state index contributed by atoms with van der Waals surface area (Å²) in [5.74, 6) is -10.5. The number of aromatic nitrogens is 1. The normalized spacial score (nSPS) is 20.5. The molecule has 0 unspecified atom stereocenters. The van der Waals surface area contributed by atoms with Gasteiger partial charge in [-0.25, -0.2) is 4.79 Å². The van der Waals surface area contributed by atoms with Gasteiger partial charge in [-0.1, -0.05) is 101 Å². The second-order valence-corrected chi connectivity index (χ2v) is 28.5. The number of unbranched alkanes of at least 4 members (excludes halogenated alkanes) is 1. The molecule has 0 radical (unpaired) electrons. The van der Waals surface area contributed by atoms with E-state index in [0.29, 0.717) is 55.2 Å². The smallest absolute Gasteiger partial charge is 0.326 e. The van der Waals surface area contributed by atoms with E-state index in [4.69, 9.17) is 22.9 Å². The van der Waals surface area contributed by atoms with Gasteiger partial charge < -0.3 is 96.6 Å². The minimum Gasteiger partial charge on any atom is -0.508 e. The summed E-state index contributed by atoms with van der Waals surface area (Å²) < 4.78 is 0. The Kier molecular flexibility index (Phi) is 34.6. The molecule has 5 rings (SSSR count). The fraction of sp³-hybridized carbons (Fsp3) is 0.533. The van der Waals surface area contributed by atoms with Crippen LogP contribution in [0.4, 0.5) is 0 Å². The number of phenolic OH excluding ortho intramolecular Hbond substituents is 1. The number of aliphatic imine (C=N–C) groups is 1. The molecule has 3 aromatic carbocycles. The number of carbonyl (C=O) groups excluding carboxylic acids is 11. The van der Waals surface area contributed by atoms with Crippen LogP contribution in [-0.4, -0.2) is 177 Å². The SMILES string of the molecule is CC(C)C[C@H](NC(=O)[C@H](CCCCN)NC(=O)[C@H](CC(C)C)NC(=O)[C@]1(C)CCC/C=C\CCC[C@](C)(N)C(=O)N[C@@H](C)C(=O)N[C@@H](Cc2ccc(O)cc2)C(=O)N[C@@H](Cc2ccccc2)C(=O)N1)C(=O)N[C@@H](C)C(=O)NCC(=O)N[C@@H](CCCN=C(N)N)C(=O)N[C@@H](Cc1c[nH]c2ccccc12)C(=O)O. The van der Waals surface area contributed by atoms with Gasteiger partial charge in [0, 0.05) is 42.9 Å². The Balaban J connectivity index is 1.35. The number of H-pyrrole nitrogens is 1. The average Bonchev–Trinajstić information content (AvgIpc) is 1.27. The van der Waals surface area contributed by atoms with Crippen molar-refractivity contribution in [1.82, 2.24) is 63.5 Å². The largest absolute Gasteiger partial charge is 0.508 e. The third-order valence-electron chi connectivity index (χ3n) is 18.1. The number of hydrogen-bond acceptors (Lipinski definition) is 16. The molecule has 580 valence electrons. The lowest BCUT2D eigenvalue weighted by atomic mass is 9.91. The second kappa shape index (κ2) is 42.5. The van der Waals surface area contributed by atoms with Gasteiger partial charge in [0.15, 0.2) is 5.96 Å². The van der Waals surface area contributed by atoms with Gasteiger partial charge in [-0.2, -0.15) is 0 Å². The molecule has 1 aliphatic heterocycles. The zero-order valence-corrected chi connectivity index (χ0v) is 62.1. The standard InChI is InChI=1S/C75H111N17O14/c1-44(2)37-56(66(99)83-46(5)62(95)82-43-61(94)85-54(28-22-36-80-73(77)78)64(97)90-60(70(103)104)41-50-42-81-53-26-17-16-25-52(50)53)88-65(98)55(27-18-21-35-76)86-67(100)57(38-45(3)4)91-72(106)75(8)34-20-12-10-9-11-19-33-74(7,79)71(105)84-47(6)63(96)87-58(40-49-29-31-51(93)32-30-49)68(101)89-59(69(102)92-75)39-48-23-14-13-15-24-48/h9-10,13-17,23-26,29-32,42,44-47,54-60,81,93H,11-12,18-22,27-28,33-41,43,76,79H2,1-8H3,(H,82,95)(H,83,99)(H,84,105)(H,85,94)(H,86,100)(H,87,96)(H,88,98)(H,89,101)(H,90,97)(H,91,106)(H,92,102)(H,103,104)(H4,77,78,80)/b10-9-/t46-,47-,54-,55-,56-,57-,58-,59-,60-,74-,75-/m0/s1. The van der Waals surface area contributed by atoms with E-state index >= 15 is 9.59 Å².